The molecule has 1 saturated heterocycles. The van der Waals surface area contributed by atoms with Gasteiger partial charge in [-0.3, -0.25) is 0 Å². The number of aldehydes is 1. The van der Waals surface area contributed by atoms with E-state index in [4.69, 9.17) is 4.74 Å². The molecule has 3 heteroatoms. The lowest BCUT2D eigenvalue weighted by molar-refractivity contribution is -0.112. The Hall–Kier alpha value is -1.19. The highest BCUT2D eigenvalue weighted by atomic mass is 16.5. The summed E-state index contributed by atoms with van der Waals surface area (Å²) >= 11 is 0. The summed E-state index contributed by atoms with van der Waals surface area (Å²) in [6.45, 7) is 1.44. The third-order valence-electron chi connectivity index (χ3n) is 2.66. The summed E-state index contributed by atoms with van der Waals surface area (Å²) in [5.74, 6) is 0. The van der Waals surface area contributed by atoms with E-state index in [1.54, 1.807) is 0 Å². The second-order valence-electron chi connectivity index (χ2n) is 3.74. The lowest BCUT2D eigenvalue weighted by Gasteiger charge is -2.14. The Morgan fingerprint density at radius 3 is 2.93 bits per heavy atom. The Morgan fingerprint density at radius 1 is 1.40 bits per heavy atom. The highest BCUT2D eigenvalue weighted by Gasteiger charge is 2.26. The number of rotatable bonds is 4. The molecular formula is C12H15NO2. The van der Waals surface area contributed by atoms with Gasteiger partial charge in [0.25, 0.3) is 0 Å². The van der Waals surface area contributed by atoms with Crippen molar-refractivity contribution in [2.24, 2.45) is 0 Å². The molecule has 0 amide bonds. The van der Waals surface area contributed by atoms with Crippen molar-refractivity contribution in [1.82, 2.24) is 5.32 Å². The first-order valence-corrected chi connectivity index (χ1v) is 5.24. The fourth-order valence-electron chi connectivity index (χ4n) is 1.80. The van der Waals surface area contributed by atoms with Gasteiger partial charge in [0.05, 0.1) is 18.8 Å². The first kappa shape index (κ1) is 10.3. The number of hydrogen-bond acceptors (Lipinski definition) is 3. The van der Waals surface area contributed by atoms with Crippen LogP contribution in [0.15, 0.2) is 30.3 Å². The number of carbonyl (C=O) groups excluding carboxylic acids is 1. The molecule has 3 nitrogen and oxygen atoms in total. The zero-order chi connectivity index (χ0) is 10.5. The highest BCUT2D eigenvalue weighted by molar-refractivity contribution is 5.59. The summed E-state index contributed by atoms with van der Waals surface area (Å²) < 4.78 is 5.70. The monoisotopic (exact) mass is 205 g/mol. The van der Waals surface area contributed by atoms with Crippen LogP contribution in [-0.4, -0.2) is 25.0 Å². The van der Waals surface area contributed by atoms with E-state index >= 15 is 0 Å². The molecule has 1 heterocycles. The summed E-state index contributed by atoms with van der Waals surface area (Å²) in [5.41, 5.74) is 1.15. The van der Waals surface area contributed by atoms with Gasteiger partial charge >= 0.3 is 0 Å². The molecule has 1 aromatic rings. The smallest absolute Gasteiger partial charge is 0.139 e. The van der Waals surface area contributed by atoms with Crippen LogP contribution in [0, 0.1) is 0 Å². The number of nitrogens with one attached hydrogen (secondary N) is 1. The zero-order valence-electron chi connectivity index (χ0n) is 8.56. The summed E-state index contributed by atoms with van der Waals surface area (Å²) in [6, 6.07) is 9.88. The first-order valence-electron chi connectivity index (χ1n) is 5.24. The lowest BCUT2D eigenvalue weighted by Crippen LogP contribution is -2.33. The van der Waals surface area contributed by atoms with E-state index in [1.807, 2.05) is 30.3 Å². The van der Waals surface area contributed by atoms with Crippen LogP contribution in [0.1, 0.15) is 12.0 Å². The predicted molar refractivity (Wildman–Crippen MR) is 57.5 cm³/mol. The molecule has 0 aromatic heterocycles. The summed E-state index contributed by atoms with van der Waals surface area (Å²) in [4.78, 5) is 10.7. The lowest BCUT2D eigenvalue weighted by atomic mass is 10.2. The largest absolute Gasteiger partial charge is 0.371 e. The van der Waals surface area contributed by atoms with E-state index in [-0.39, 0.29) is 12.1 Å². The molecule has 2 atom stereocenters. The minimum atomic E-state index is -0.131. The number of benzene rings is 1. The maximum atomic E-state index is 10.7. The third-order valence-corrected chi connectivity index (χ3v) is 2.66. The Kier molecular flexibility index (Phi) is 3.48. The highest BCUT2D eigenvalue weighted by Crippen LogP contribution is 2.12. The molecule has 1 aromatic carbocycles. The molecule has 0 saturated carbocycles. The zero-order valence-corrected chi connectivity index (χ0v) is 8.56. The van der Waals surface area contributed by atoms with E-state index in [1.165, 1.54) is 0 Å². The van der Waals surface area contributed by atoms with Crippen molar-refractivity contribution in [1.29, 1.82) is 0 Å². The normalized spacial score (nSPS) is 25.3. The van der Waals surface area contributed by atoms with Crippen molar-refractivity contribution in [2.75, 3.05) is 6.54 Å². The third kappa shape index (κ3) is 2.64. The van der Waals surface area contributed by atoms with E-state index in [2.05, 4.69) is 5.32 Å². The predicted octanol–water partition coefficient (Wildman–Crippen LogP) is 1.13. The number of hydrogen-bond donors (Lipinski definition) is 1. The maximum absolute atomic E-state index is 10.7. The molecule has 1 aliphatic heterocycles. The van der Waals surface area contributed by atoms with Crippen LogP contribution >= 0.6 is 0 Å². The van der Waals surface area contributed by atoms with Crippen molar-refractivity contribution in [3.63, 3.8) is 0 Å². The second-order valence-corrected chi connectivity index (χ2v) is 3.74. The van der Waals surface area contributed by atoms with Gasteiger partial charge in [-0.2, -0.15) is 0 Å². The second kappa shape index (κ2) is 5.05. The van der Waals surface area contributed by atoms with Crippen LogP contribution in [0.5, 0.6) is 0 Å². The number of carbonyl (C=O) groups is 1. The maximum Gasteiger partial charge on any atom is 0.139 e. The van der Waals surface area contributed by atoms with Crippen LogP contribution in [0.25, 0.3) is 0 Å². The average Bonchev–Trinajstić information content (AvgIpc) is 2.75. The van der Waals surface area contributed by atoms with Crippen molar-refractivity contribution in [2.45, 2.75) is 25.2 Å². The Balaban J connectivity index is 1.85. The van der Waals surface area contributed by atoms with Crippen LogP contribution in [0.3, 0.4) is 0 Å². The van der Waals surface area contributed by atoms with Crippen LogP contribution in [0.4, 0.5) is 0 Å². The molecule has 1 aliphatic rings. The summed E-state index contributed by atoms with van der Waals surface area (Å²) in [7, 11) is 0. The molecule has 2 rings (SSSR count). The van der Waals surface area contributed by atoms with Gasteiger partial charge in [-0.05, 0) is 18.5 Å². The van der Waals surface area contributed by atoms with Gasteiger partial charge in [0.15, 0.2) is 0 Å². The average molecular weight is 205 g/mol. The minimum Gasteiger partial charge on any atom is -0.371 e. The molecule has 1 fully saturated rings. The molecule has 0 aliphatic carbocycles. The fraction of sp³-hybridized carbons (Fsp3) is 0.417. The molecule has 0 bridgehead atoms. The first-order chi connectivity index (χ1) is 7.40. The van der Waals surface area contributed by atoms with E-state index < -0.39 is 0 Å². The van der Waals surface area contributed by atoms with Crippen molar-refractivity contribution in [3.05, 3.63) is 35.9 Å². The van der Waals surface area contributed by atoms with Crippen LogP contribution < -0.4 is 5.32 Å². The summed E-state index contributed by atoms with van der Waals surface area (Å²) in [5, 5.41) is 3.10. The van der Waals surface area contributed by atoms with Gasteiger partial charge in [-0.15, -0.1) is 0 Å². The summed E-state index contributed by atoms with van der Waals surface area (Å²) in [6.07, 6.45) is 1.88. The van der Waals surface area contributed by atoms with Crippen molar-refractivity contribution >= 4 is 6.29 Å². The van der Waals surface area contributed by atoms with E-state index in [9.17, 15) is 4.79 Å². The molecule has 0 spiro atoms. The van der Waals surface area contributed by atoms with Gasteiger partial charge in [-0.25, -0.2) is 0 Å². The molecule has 1 unspecified atom stereocenters. The van der Waals surface area contributed by atoms with Gasteiger partial charge in [0.2, 0.25) is 0 Å². The van der Waals surface area contributed by atoms with Crippen LogP contribution in [-0.2, 0) is 16.1 Å². The molecule has 80 valence electrons. The molecular weight excluding hydrogens is 190 g/mol. The SMILES string of the molecule is O=C[C@H]1NCCC1OCc1ccccc1. The standard InChI is InChI=1S/C12H15NO2/c14-8-11-12(6-7-13-11)15-9-10-4-2-1-3-5-10/h1-5,8,11-13H,6-7,9H2/t11-,12?/m1/s1. The topological polar surface area (TPSA) is 38.3 Å². The van der Waals surface area contributed by atoms with Gasteiger partial charge in [-0.1, -0.05) is 30.3 Å². The minimum absolute atomic E-state index is 0.0303. The van der Waals surface area contributed by atoms with Gasteiger partial charge < -0.3 is 14.8 Å². The molecule has 0 radical (unpaired) electrons. The van der Waals surface area contributed by atoms with Gasteiger partial charge in [0, 0.05) is 0 Å². The quantitative estimate of drug-likeness (QED) is 0.749. The molecule has 1 N–H and O–H groups in total. The fourth-order valence-corrected chi connectivity index (χ4v) is 1.80. The van der Waals surface area contributed by atoms with E-state index in [0.717, 1.165) is 24.8 Å². The number of ether oxygens (including phenoxy) is 1. The van der Waals surface area contributed by atoms with E-state index in [0.29, 0.717) is 6.61 Å². The Labute approximate surface area is 89.4 Å². The van der Waals surface area contributed by atoms with Gasteiger partial charge in [0.1, 0.15) is 6.29 Å². The van der Waals surface area contributed by atoms with Crippen molar-refractivity contribution < 1.29 is 9.53 Å². The van der Waals surface area contributed by atoms with Crippen LogP contribution in [0.2, 0.25) is 0 Å². The molecule has 15 heavy (non-hydrogen) atoms. The van der Waals surface area contributed by atoms with Crippen molar-refractivity contribution in [3.8, 4) is 0 Å². The Morgan fingerprint density at radius 2 is 2.20 bits per heavy atom. The Bertz CT molecular complexity index is 313.